The van der Waals surface area contributed by atoms with Gasteiger partial charge in [0, 0.05) is 30.0 Å². The Balaban J connectivity index is 1.79. The average Bonchev–Trinajstić information content (AvgIpc) is 3.33. The molecule has 0 unspecified atom stereocenters. The third kappa shape index (κ3) is 8.26. The Hall–Kier alpha value is -2.96. The molecule has 39 heavy (non-hydrogen) atoms. The Bertz CT molecular complexity index is 1190. The van der Waals surface area contributed by atoms with E-state index in [1.54, 1.807) is 25.2 Å². The Kier molecular flexibility index (Phi) is 12.2. The highest BCUT2D eigenvalue weighted by atomic mass is 16.7. The lowest BCUT2D eigenvalue weighted by atomic mass is 9.96. The van der Waals surface area contributed by atoms with Crippen LogP contribution in [0, 0.1) is 0 Å². The number of hydroxylamine groups is 2. The third-order valence-corrected chi connectivity index (χ3v) is 7.36. The molecule has 3 aromatic rings. The van der Waals surface area contributed by atoms with Crippen molar-refractivity contribution in [1.29, 1.82) is 0 Å². The van der Waals surface area contributed by atoms with Gasteiger partial charge >= 0.3 is 0 Å². The Morgan fingerprint density at radius 3 is 2.03 bits per heavy atom. The summed E-state index contributed by atoms with van der Waals surface area (Å²) < 4.78 is 6.14. The first-order valence-corrected chi connectivity index (χ1v) is 14.7. The van der Waals surface area contributed by atoms with Crippen LogP contribution in [0.25, 0.3) is 11.0 Å². The maximum Gasteiger partial charge on any atom is 0.277 e. The molecule has 0 saturated heterocycles. The van der Waals surface area contributed by atoms with E-state index in [1.165, 1.54) is 56.5 Å². The van der Waals surface area contributed by atoms with Gasteiger partial charge in [-0.15, -0.1) is 0 Å². The largest absolute Gasteiger partial charge is 0.460 e. The van der Waals surface area contributed by atoms with Crippen molar-refractivity contribution in [3.8, 4) is 0 Å². The van der Waals surface area contributed by atoms with Crippen LogP contribution in [0.1, 0.15) is 103 Å². The van der Waals surface area contributed by atoms with Crippen molar-refractivity contribution in [2.45, 2.75) is 78.6 Å². The minimum Gasteiger partial charge on any atom is -0.460 e. The van der Waals surface area contributed by atoms with E-state index >= 15 is 0 Å². The fourth-order valence-corrected chi connectivity index (χ4v) is 4.88. The van der Waals surface area contributed by atoms with Crippen LogP contribution >= 0.6 is 0 Å². The van der Waals surface area contributed by atoms with E-state index in [-0.39, 0.29) is 11.7 Å². The summed E-state index contributed by atoms with van der Waals surface area (Å²) in [7, 11) is 3.01. The summed E-state index contributed by atoms with van der Waals surface area (Å²) in [6, 6.07) is 13.2. The van der Waals surface area contributed by atoms with Crippen LogP contribution in [0.2, 0.25) is 0 Å². The highest BCUT2D eigenvalue weighted by Crippen LogP contribution is 2.31. The van der Waals surface area contributed by atoms with Crippen molar-refractivity contribution in [2.75, 3.05) is 33.8 Å². The van der Waals surface area contributed by atoms with Crippen LogP contribution < -0.4 is 0 Å². The smallest absolute Gasteiger partial charge is 0.277 e. The zero-order chi connectivity index (χ0) is 28.2. The van der Waals surface area contributed by atoms with Crippen LogP contribution in [-0.2, 0) is 17.7 Å². The fraction of sp³-hybridized carbons (Fsp3) is 0.515. The van der Waals surface area contributed by atoms with Crippen LogP contribution in [0.15, 0.2) is 46.9 Å². The molecule has 1 amide bonds. The maximum atomic E-state index is 13.8. The van der Waals surface area contributed by atoms with Crippen LogP contribution in [-0.4, -0.2) is 55.4 Å². The lowest BCUT2D eigenvalue weighted by molar-refractivity contribution is -0.0756. The Labute approximate surface area is 234 Å². The number of rotatable bonds is 17. The van der Waals surface area contributed by atoms with Gasteiger partial charge in [0.25, 0.3) is 5.91 Å². The van der Waals surface area contributed by atoms with Crippen molar-refractivity contribution in [2.24, 2.45) is 0 Å². The lowest BCUT2D eigenvalue weighted by Crippen LogP contribution is -2.27. The molecule has 0 spiro atoms. The maximum absolute atomic E-state index is 13.8. The summed E-state index contributed by atoms with van der Waals surface area (Å²) >= 11 is 0. The molecule has 6 nitrogen and oxygen atoms in total. The van der Waals surface area contributed by atoms with Gasteiger partial charge in [-0.1, -0.05) is 64.3 Å². The second kappa shape index (κ2) is 15.6. The van der Waals surface area contributed by atoms with Gasteiger partial charge in [0.05, 0.1) is 12.7 Å². The van der Waals surface area contributed by atoms with Gasteiger partial charge < -0.3 is 9.32 Å². The second-order valence-corrected chi connectivity index (χ2v) is 10.4. The zero-order valence-electron chi connectivity index (χ0n) is 24.6. The standard InChI is InChI=1S/C33H46N2O4/c1-6-9-14-30-31(28-24-27(19-20-29(28)39-30)33(37)34(4)38-5)32(36)26-17-15-25(16-18-26)13-12-23-35(21-10-7-2)22-11-8-3/h15-20,24H,6-14,21-23H2,1-5H3. The highest BCUT2D eigenvalue weighted by Gasteiger charge is 2.23. The highest BCUT2D eigenvalue weighted by molar-refractivity contribution is 6.17. The van der Waals surface area contributed by atoms with Crippen molar-refractivity contribution in [3.63, 3.8) is 0 Å². The molecular weight excluding hydrogens is 488 g/mol. The predicted molar refractivity (Wildman–Crippen MR) is 158 cm³/mol. The van der Waals surface area contributed by atoms with Gasteiger partial charge in [-0.25, -0.2) is 5.06 Å². The van der Waals surface area contributed by atoms with Gasteiger partial charge in [0.2, 0.25) is 0 Å². The van der Waals surface area contributed by atoms with E-state index in [0.29, 0.717) is 39.8 Å². The van der Waals surface area contributed by atoms with Crippen LogP contribution in [0.5, 0.6) is 0 Å². The molecule has 0 N–H and O–H groups in total. The number of nitrogens with zero attached hydrogens (tertiary/aromatic N) is 2. The number of hydrogen-bond donors (Lipinski definition) is 0. The third-order valence-electron chi connectivity index (χ3n) is 7.36. The Morgan fingerprint density at radius 1 is 0.795 bits per heavy atom. The van der Waals surface area contributed by atoms with Crippen LogP contribution in [0.4, 0.5) is 0 Å². The first-order chi connectivity index (χ1) is 18.9. The van der Waals surface area contributed by atoms with Crippen LogP contribution in [0.3, 0.4) is 0 Å². The molecule has 0 aliphatic heterocycles. The number of hydrogen-bond acceptors (Lipinski definition) is 5. The topological polar surface area (TPSA) is 63.0 Å². The number of amides is 1. The summed E-state index contributed by atoms with van der Waals surface area (Å²) in [4.78, 5) is 34.2. The minimum absolute atomic E-state index is 0.0681. The molecule has 6 heteroatoms. The van der Waals surface area contributed by atoms with E-state index in [9.17, 15) is 9.59 Å². The summed E-state index contributed by atoms with van der Waals surface area (Å²) in [5.41, 5.74) is 3.51. The minimum atomic E-state index is -0.276. The van der Waals surface area contributed by atoms with Crippen molar-refractivity contribution >= 4 is 22.7 Å². The normalized spacial score (nSPS) is 11.4. The second-order valence-electron chi connectivity index (χ2n) is 10.4. The van der Waals surface area contributed by atoms with Gasteiger partial charge in [0.1, 0.15) is 11.3 Å². The lowest BCUT2D eigenvalue weighted by Gasteiger charge is -2.21. The molecule has 1 heterocycles. The average molecular weight is 535 g/mol. The molecule has 3 rings (SSSR count). The molecule has 0 radical (unpaired) electrons. The molecule has 212 valence electrons. The molecule has 2 aromatic carbocycles. The van der Waals surface area contributed by atoms with Gasteiger partial charge in [-0.05, 0) is 75.5 Å². The molecular formula is C33H46N2O4. The molecule has 0 atom stereocenters. The van der Waals surface area contributed by atoms with Gasteiger partial charge in [-0.2, -0.15) is 0 Å². The number of furan rings is 1. The van der Waals surface area contributed by atoms with Crippen molar-refractivity contribution in [3.05, 3.63) is 70.5 Å². The van der Waals surface area contributed by atoms with E-state index < -0.39 is 0 Å². The fourth-order valence-electron chi connectivity index (χ4n) is 4.88. The summed E-state index contributed by atoms with van der Waals surface area (Å²) in [5.74, 6) is 0.340. The number of aryl methyl sites for hydroxylation is 2. The molecule has 0 fully saturated rings. The van der Waals surface area contributed by atoms with Gasteiger partial charge in [0.15, 0.2) is 5.78 Å². The zero-order valence-corrected chi connectivity index (χ0v) is 24.6. The SMILES string of the molecule is CCCCc1oc2ccc(C(=O)N(C)OC)cc2c1C(=O)c1ccc(CCCN(CCCC)CCCC)cc1. The number of carbonyl (C=O) groups is 2. The number of carbonyl (C=O) groups excluding carboxylic acids is 2. The predicted octanol–water partition coefficient (Wildman–Crippen LogP) is 7.47. The molecule has 0 aliphatic rings. The van der Waals surface area contributed by atoms with E-state index in [1.807, 2.05) is 12.1 Å². The van der Waals surface area contributed by atoms with E-state index in [4.69, 9.17) is 9.25 Å². The summed E-state index contributed by atoms with van der Waals surface area (Å²) in [5, 5.41) is 1.84. The monoisotopic (exact) mass is 534 g/mol. The molecule has 1 aromatic heterocycles. The van der Waals surface area contributed by atoms with Gasteiger partial charge in [-0.3, -0.25) is 14.4 Å². The first kappa shape index (κ1) is 30.6. The number of fused-ring (bicyclic) bond motifs is 1. The number of ketones is 1. The Morgan fingerprint density at radius 2 is 1.41 bits per heavy atom. The van der Waals surface area contributed by atoms with Crippen molar-refractivity contribution in [1.82, 2.24) is 9.96 Å². The number of benzene rings is 2. The first-order valence-electron chi connectivity index (χ1n) is 14.7. The van der Waals surface area contributed by atoms with E-state index in [2.05, 4.69) is 37.8 Å². The van der Waals surface area contributed by atoms with E-state index in [0.717, 1.165) is 32.2 Å². The molecule has 0 bridgehead atoms. The number of unbranched alkanes of at least 4 members (excludes halogenated alkanes) is 3. The summed E-state index contributed by atoms with van der Waals surface area (Å²) in [6.07, 6.45) is 9.67. The molecule has 0 saturated carbocycles. The van der Waals surface area contributed by atoms with Crippen molar-refractivity contribution < 1.29 is 18.8 Å². The summed E-state index contributed by atoms with van der Waals surface area (Å²) in [6.45, 7) is 10.1. The quantitative estimate of drug-likeness (QED) is 0.133. The molecule has 0 aliphatic carbocycles.